The van der Waals surface area contributed by atoms with Gasteiger partial charge in [-0.15, -0.1) is 0 Å². The van der Waals surface area contributed by atoms with Crippen molar-refractivity contribution in [3.05, 3.63) is 71.8 Å². The molecule has 0 radical (unpaired) electrons. The summed E-state index contributed by atoms with van der Waals surface area (Å²) in [6.45, 7) is 6.95. The molecular formula is C34H32ClF2N5O2. The van der Waals surface area contributed by atoms with E-state index >= 15 is 0 Å². The SMILES string of the molecule is C=C(F)C(=O)N1CCC2[C@H]1CN2c1nc(OCC23CCCN2CCC3)nc2cc(-c3cccc4ccc(F)c(Cl)c34)ccc12. The zero-order valence-electron chi connectivity index (χ0n) is 24.2. The van der Waals surface area contributed by atoms with Crippen LogP contribution >= 0.6 is 11.6 Å². The first-order chi connectivity index (χ1) is 21.3. The van der Waals surface area contributed by atoms with Crippen LogP contribution in [0.5, 0.6) is 6.01 Å². The summed E-state index contributed by atoms with van der Waals surface area (Å²) in [5, 5.41) is 2.43. The quantitative estimate of drug-likeness (QED) is 0.230. The minimum atomic E-state index is -0.930. The van der Waals surface area contributed by atoms with Crippen LogP contribution in [0, 0.1) is 5.82 Å². The van der Waals surface area contributed by atoms with Crippen LogP contribution in [0.15, 0.2) is 60.9 Å². The number of aromatic nitrogens is 2. The van der Waals surface area contributed by atoms with Gasteiger partial charge in [-0.25, -0.2) is 8.78 Å². The molecular weight excluding hydrogens is 584 g/mol. The molecule has 4 fully saturated rings. The minimum absolute atomic E-state index is 0.0162. The highest BCUT2D eigenvalue weighted by Crippen LogP contribution is 2.43. The Morgan fingerprint density at radius 2 is 1.89 bits per heavy atom. The summed E-state index contributed by atoms with van der Waals surface area (Å²) in [6, 6.07) is 15.1. The maximum Gasteiger partial charge on any atom is 0.319 e. The van der Waals surface area contributed by atoms with E-state index in [1.54, 1.807) is 11.0 Å². The van der Waals surface area contributed by atoms with Crippen molar-refractivity contribution in [1.82, 2.24) is 19.8 Å². The van der Waals surface area contributed by atoms with E-state index in [0.29, 0.717) is 43.0 Å². The third-order valence-corrected chi connectivity index (χ3v) is 10.6. The molecule has 3 aromatic carbocycles. The van der Waals surface area contributed by atoms with Gasteiger partial charge in [0.2, 0.25) is 0 Å². The van der Waals surface area contributed by atoms with Gasteiger partial charge in [-0.3, -0.25) is 9.69 Å². The number of halogens is 3. The number of rotatable bonds is 6. The Balaban J connectivity index is 1.20. The molecule has 226 valence electrons. The first-order valence-corrected chi connectivity index (χ1v) is 15.7. The molecule has 10 heteroatoms. The predicted molar refractivity (Wildman–Crippen MR) is 167 cm³/mol. The lowest BCUT2D eigenvalue weighted by molar-refractivity contribution is -0.130. The monoisotopic (exact) mass is 615 g/mol. The zero-order valence-corrected chi connectivity index (χ0v) is 25.0. The molecule has 4 aliphatic rings. The van der Waals surface area contributed by atoms with E-state index < -0.39 is 17.6 Å². The highest BCUT2D eigenvalue weighted by molar-refractivity contribution is 6.36. The number of hydrogen-bond donors (Lipinski definition) is 0. The summed E-state index contributed by atoms with van der Waals surface area (Å²) in [5.41, 5.74) is 2.39. The second-order valence-corrected chi connectivity index (χ2v) is 12.9. The lowest BCUT2D eigenvalue weighted by Crippen LogP contribution is -2.63. The second kappa shape index (κ2) is 10.4. The summed E-state index contributed by atoms with van der Waals surface area (Å²) in [7, 11) is 0. The summed E-state index contributed by atoms with van der Waals surface area (Å²) >= 11 is 6.48. The molecule has 4 aliphatic heterocycles. The van der Waals surface area contributed by atoms with Gasteiger partial charge in [0.15, 0.2) is 5.83 Å². The van der Waals surface area contributed by atoms with Crippen molar-refractivity contribution in [3.8, 4) is 17.1 Å². The van der Waals surface area contributed by atoms with Crippen molar-refractivity contribution >= 4 is 45.0 Å². The van der Waals surface area contributed by atoms with Gasteiger partial charge < -0.3 is 14.5 Å². The number of carbonyl (C=O) groups is 1. The number of ether oxygens (including phenoxy) is 1. The summed E-state index contributed by atoms with van der Waals surface area (Å²) < 4.78 is 34.7. The van der Waals surface area contributed by atoms with Crippen LogP contribution in [-0.2, 0) is 4.79 Å². The molecule has 4 saturated heterocycles. The van der Waals surface area contributed by atoms with Gasteiger partial charge in [0.05, 0.1) is 28.2 Å². The lowest BCUT2D eigenvalue weighted by Gasteiger charge is -2.47. The Kier molecular flexibility index (Phi) is 6.54. The number of anilines is 1. The van der Waals surface area contributed by atoms with Crippen molar-refractivity contribution in [2.24, 2.45) is 0 Å². The molecule has 1 aromatic heterocycles. The van der Waals surface area contributed by atoms with Crippen molar-refractivity contribution in [1.29, 1.82) is 0 Å². The van der Waals surface area contributed by atoms with Crippen LogP contribution in [0.3, 0.4) is 0 Å². The minimum Gasteiger partial charge on any atom is -0.461 e. The Labute approximate surface area is 259 Å². The van der Waals surface area contributed by atoms with Gasteiger partial charge in [0.1, 0.15) is 18.2 Å². The van der Waals surface area contributed by atoms with Gasteiger partial charge in [-0.1, -0.05) is 48.5 Å². The van der Waals surface area contributed by atoms with E-state index in [2.05, 4.69) is 16.4 Å². The molecule has 2 atom stereocenters. The summed E-state index contributed by atoms with van der Waals surface area (Å²) in [5.74, 6) is -1.30. The van der Waals surface area contributed by atoms with Gasteiger partial charge >= 0.3 is 6.01 Å². The Morgan fingerprint density at radius 3 is 2.68 bits per heavy atom. The fourth-order valence-electron chi connectivity index (χ4n) is 8.02. The molecule has 0 aliphatic carbocycles. The van der Waals surface area contributed by atoms with Crippen LogP contribution in [-0.4, -0.2) is 76.1 Å². The Morgan fingerprint density at radius 1 is 1.07 bits per heavy atom. The van der Waals surface area contributed by atoms with Gasteiger partial charge in [0.25, 0.3) is 5.91 Å². The largest absolute Gasteiger partial charge is 0.461 e. The maximum atomic E-state index is 14.5. The van der Waals surface area contributed by atoms with Crippen LogP contribution in [0.4, 0.5) is 14.6 Å². The number of amides is 1. The molecule has 5 heterocycles. The van der Waals surface area contributed by atoms with Crippen molar-refractivity contribution in [2.45, 2.75) is 49.7 Å². The molecule has 0 bridgehead atoms. The average molecular weight is 616 g/mol. The second-order valence-electron chi connectivity index (χ2n) is 12.5. The zero-order chi connectivity index (χ0) is 30.2. The molecule has 7 nitrogen and oxygen atoms in total. The van der Waals surface area contributed by atoms with E-state index in [1.165, 1.54) is 18.9 Å². The first kappa shape index (κ1) is 27.7. The fraction of sp³-hybridized carbons (Fsp3) is 0.382. The van der Waals surface area contributed by atoms with E-state index in [4.69, 9.17) is 26.3 Å². The van der Waals surface area contributed by atoms with Crippen molar-refractivity contribution < 1.29 is 18.3 Å². The number of benzene rings is 3. The molecule has 0 spiro atoms. The van der Waals surface area contributed by atoms with Crippen LogP contribution in [0.2, 0.25) is 5.02 Å². The predicted octanol–water partition coefficient (Wildman–Crippen LogP) is 6.52. The van der Waals surface area contributed by atoms with Crippen LogP contribution in [0.1, 0.15) is 32.1 Å². The van der Waals surface area contributed by atoms with Crippen LogP contribution in [0.25, 0.3) is 32.8 Å². The molecule has 1 amide bonds. The smallest absolute Gasteiger partial charge is 0.319 e. The highest BCUT2D eigenvalue weighted by atomic mass is 35.5. The number of nitrogens with zero attached hydrogens (tertiary/aromatic N) is 5. The number of likely N-dealkylation sites (tertiary alicyclic amines) is 1. The average Bonchev–Trinajstić information content (AvgIpc) is 3.69. The van der Waals surface area contributed by atoms with Gasteiger partial charge in [0, 0.05) is 23.9 Å². The molecule has 4 aromatic rings. The van der Waals surface area contributed by atoms with E-state index in [0.717, 1.165) is 53.6 Å². The van der Waals surface area contributed by atoms with E-state index in [9.17, 15) is 13.6 Å². The van der Waals surface area contributed by atoms with E-state index in [1.807, 2.05) is 36.4 Å². The summed E-state index contributed by atoms with van der Waals surface area (Å²) in [6.07, 6.45) is 5.26. The molecule has 44 heavy (non-hydrogen) atoms. The standard InChI is InChI=1S/C34H32ClF2N5O2/c1-20(36)32(43)41-16-11-27-28(41)18-42(27)31-24-9-7-22(23-6-2-5-21-8-10-25(37)30(35)29(21)23)17-26(24)38-33(39-31)44-19-34-12-3-14-40(34)15-4-13-34/h2,5-10,17,27-28H,1,3-4,11-16,18-19H2/t27?,28-/m1/s1. The topological polar surface area (TPSA) is 61.8 Å². The molecule has 8 rings (SSSR count). The molecule has 0 saturated carbocycles. The number of carbonyl (C=O) groups excluding carboxylic acids is 1. The Hall–Kier alpha value is -3.82. The maximum absolute atomic E-state index is 14.5. The third kappa shape index (κ3) is 4.27. The lowest BCUT2D eigenvalue weighted by atomic mass is 9.95. The van der Waals surface area contributed by atoms with Crippen molar-refractivity contribution in [3.63, 3.8) is 0 Å². The summed E-state index contributed by atoms with van der Waals surface area (Å²) in [4.78, 5) is 28.5. The number of hydrogen-bond acceptors (Lipinski definition) is 6. The molecule has 1 unspecified atom stereocenters. The van der Waals surface area contributed by atoms with Crippen molar-refractivity contribution in [2.75, 3.05) is 37.7 Å². The Bertz CT molecular complexity index is 1840. The first-order valence-electron chi connectivity index (χ1n) is 15.3. The van der Waals surface area contributed by atoms with Crippen LogP contribution < -0.4 is 9.64 Å². The fourth-order valence-corrected chi connectivity index (χ4v) is 8.30. The third-order valence-electron chi connectivity index (χ3n) is 10.2. The highest BCUT2D eigenvalue weighted by Gasteiger charge is 2.50. The number of fused-ring (bicyclic) bond motifs is 4. The normalized spacial score (nSPS) is 22.3. The van der Waals surface area contributed by atoms with E-state index in [-0.39, 0.29) is 22.6 Å². The molecule has 0 N–H and O–H groups in total. The van der Waals surface area contributed by atoms with Gasteiger partial charge in [-0.05, 0) is 79.9 Å². The van der Waals surface area contributed by atoms with Gasteiger partial charge in [-0.2, -0.15) is 9.97 Å².